The molecule has 1 aliphatic heterocycles. The molecule has 0 aliphatic carbocycles. The molecule has 1 aromatic carbocycles. The Morgan fingerprint density at radius 1 is 1.32 bits per heavy atom. The molecule has 19 heavy (non-hydrogen) atoms. The maximum absolute atomic E-state index is 11.9. The van der Waals surface area contributed by atoms with E-state index in [2.05, 4.69) is 10.2 Å². The highest BCUT2D eigenvalue weighted by Gasteiger charge is 2.48. The molecule has 1 aromatic heterocycles. The van der Waals surface area contributed by atoms with E-state index in [0.29, 0.717) is 0 Å². The predicted octanol–water partition coefficient (Wildman–Crippen LogP) is 1.11. The lowest BCUT2D eigenvalue weighted by Crippen LogP contribution is -2.61. The Kier molecular flexibility index (Phi) is 2.87. The van der Waals surface area contributed by atoms with Gasteiger partial charge in [-0.25, -0.2) is 9.69 Å². The molecule has 7 heteroatoms. The van der Waals surface area contributed by atoms with E-state index < -0.39 is 5.38 Å². The van der Waals surface area contributed by atoms with Crippen molar-refractivity contribution >= 4 is 17.5 Å². The molecule has 0 radical (unpaired) electrons. The fourth-order valence-corrected chi connectivity index (χ4v) is 2.49. The van der Waals surface area contributed by atoms with E-state index in [4.69, 9.17) is 16.3 Å². The summed E-state index contributed by atoms with van der Waals surface area (Å²) in [5, 5.41) is 8.33. The minimum absolute atomic E-state index is 0.172. The maximum atomic E-state index is 11.9. The molecular weight excluding hydrogens is 268 g/mol. The first-order valence-electron chi connectivity index (χ1n) is 5.68. The first kappa shape index (κ1) is 12.0. The summed E-state index contributed by atoms with van der Waals surface area (Å²) < 4.78 is 6.72. The van der Waals surface area contributed by atoms with Crippen molar-refractivity contribution in [1.82, 2.24) is 14.9 Å². The lowest BCUT2D eigenvalue weighted by Gasteiger charge is -2.43. The molecule has 1 aliphatic rings. The third kappa shape index (κ3) is 1.84. The second kappa shape index (κ2) is 4.55. The summed E-state index contributed by atoms with van der Waals surface area (Å²) in [6, 6.07) is 7.23. The topological polar surface area (TPSA) is 60.2 Å². The SMILES string of the molecule is COc1cccc(C2C(Cl)C(=O)N2n2cnnc2)c1. The number of alkyl halides is 1. The van der Waals surface area contributed by atoms with Gasteiger partial charge in [-0.1, -0.05) is 12.1 Å². The molecule has 0 spiro atoms. The Balaban J connectivity index is 1.96. The second-order valence-corrected chi connectivity index (χ2v) is 4.62. The van der Waals surface area contributed by atoms with Gasteiger partial charge in [0, 0.05) is 0 Å². The van der Waals surface area contributed by atoms with Gasteiger partial charge in [0.15, 0.2) is 0 Å². The molecule has 2 aromatic rings. The van der Waals surface area contributed by atoms with Crippen molar-refractivity contribution in [1.29, 1.82) is 0 Å². The molecule has 3 rings (SSSR count). The van der Waals surface area contributed by atoms with E-state index in [1.807, 2.05) is 24.3 Å². The first-order chi connectivity index (χ1) is 9.22. The molecule has 2 unspecified atom stereocenters. The van der Waals surface area contributed by atoms with E-state index >= 15 is 0 Å². The van der Waals surface area contributed by atoms with Crippen molar-refractivity contribution in [2.24, 2.45) is 0 Å². The zero-order valence-corrected chi connectivity index (χ0v) is 10.9. The molecule has 98 valence electrons. The average molecular weight is 279 g/mol. The van der Waals surface area contributed by atoms with Crippen LogP contribution >= 0.6 is 11.6 Å². The van der Waals surface area contributed by atoms with Gasteiger partial charge in [-0.2, -0.15) is 0 Å². The molecule has 1 amide bonds. The summed E-state index contributed by atoms with van der Waals surface area (Å²) in [6.07, 6.45) is 2.93. The molecule has 0 saturated carbocycles. The Hall–Kier alpha value is -2.08. The number of β-lactam (4-membered cyclic amide) rings is 1. The Labute approximate surface area is 114 Å². The number of hydrogen-bond donors (Lipinski definition) is 0. The number of carbonyl (C=O) groups is 1. The van der Waals surface area contributed by atoms with Crippen molar-refractivity contribution < 1.29 is 9.53 Å². The molecule has 1 saturated heterocycles. The van der Waals surface area contributed by atoms with Crippen LogP contribution in [0.25, 0.3) is 0 Å². The Morgan fingerprint density at radius 2 is 2.05 bits per heavy atom. The molecule has 2 atom stereocenters. The highest BCUT2D eigenvalue weighted by molar-refractivity contribution is 6.36. The zero-order valence-electron chi connectivity index (χ0n) is 10.1. The van der Waals surface area contributed by atoms with Gasteiger partial charge in [0.05, 0.1) is 7.11 Å². The summed E-state index contributed by atoms with van der Waals surface area (Å²) >= 11 is 6.12. The van der Waals surface area contributed by atoms with E-state index in [9.17, 15) is 4.79 Å². The lowest BCUT2D eigenvalue weighted by atomic mass is 9.95. The number of amides is 1. The van der Waals surface area contributed by atoms with Crippen molar-refractivity contribution in [2.75, 3.05) is 12.1 Å². The zero-order chi connectivity index (χ0) is 13.4. The fraction of sp³-hybridized carbons (Fsp3) is 0.250. The van der Waals surface area contributed by atoms with Crippen LogP contribution < -0.4 is 9.75 Å². The summed E-state index contributed by atoms with van der Waals surface area (Å²) in [5.41, 5.74) is 0.910. The molecule has 0 bridgehead atoms. The number of hydrogen-bond acceptors (Lipinski definition) is 4. The van der Waals surface area contributed by atoms with Gasteiger partial charge in [0.2, 0.25) is 0 Å². The van der Waals surface area contributed by atoms with Crippen LogP contribution in [-0.4, -0.2) is 33.3 Å². The minimum atomic E-state index is -0.588. The van der Waals surface area contributed by atoms with Crippen molar-refractivity contribution in [3.05, 3.63) is 42.5 Å². The number of rotatable bonds is 3. The van der Waals surface area contributed by atoms with Crippen molar-refractivity contribution in [3.8, 4) is 5.75 Å². The number of carbonyl (C=O) groups excluding carboxylic acids is 1. The Bertz CT molecular complexity index is 602. The highest BCUT2D eigenvalue weighted by atomic mass is 35.5. The standard InChI is InChI=1S/C12H11ClN4O2/c1-19-9-4-2-3-8(5-9)11-10(13)12(18)17(11)16-6-14-15-7-16/h2-7,10-11H,1H3. The number of benzene rings is 1. The van der Waals surface area contributed by atoms with E-state index in [1.165, 1.54) is 22.3 Å². The van der Waals surface area contributed by atoms with Crippen LogP contribution in [0.1, 0.15) is 11.6 Å². The third-order valence-electron chi connectivity index (χ3n) is 3.09. The predicted molar refractivity (Wildman–Crippen MR) is 68.6 cm³/mol. The largest absolute Gasteiger partial charge is 0.497 e. The maximum Gasteiger partial charge on any atom is 0.262 e. The average Bonchev–Trinajstić information content (AvgIpc) is 2.96. The molecule has 0 N–H and O–H groups in total. The quantitative estimate of drug-likeness (QED) is 0.623. The van der Waals surface area contributed by atoms with Crippen LogP contribution in [0.3, 0.4) is 0 Å². The smallest absolute Gasteiger partial charge is 0.262 e. The third-order valence-corrected chi connectivity index (χ3v) is 3.52. The molecule has 2 heterocycles. The van der Waals surface area contributed by atoms with Crippen molar-refractivity contribution in [2.45, 2.75) is 11.4 Å². The van der Waals surface area contributed by atoms with Crippen LogP contribution in [-0.2, 0) is 4.79 Å². The van der Waals surface area contributed by atoms with Gasteiger partial charge in [-0.3, -0.25) is 4.79 Å². The second-order valence-electron chi connectivity index (χ2n) is 4.15. The summed E-state index contributed by atoms with van der Waals surface area (Å²) in [4.78, 5) is 11.9. The van der Waals surface area contributed by atoms with Gasteiger partial charge < -0.3 is 4.74 Å². The number of halogens is 1. The van der Waals surface area contributed by atoms with E-state index in [0.717, 1.165) is 11.3 Å². The van der Waals surface area contributed by atoms with Crippen LogP contribution in [0.5, 0.6) is 5.75 Å². The van der Waals surface area contributed by atoms with Crippen LogP contribution in [0.15, 0.2) is 36.9 Å². The Morgan fingerprint density at radius 3 is 2.74 bits per heavy atom. The number of aromatic nitrogens is 3. The van der Waals surface area contributed by atoms with Gasteiger partial charge in [0.1, 0.15) is 29.8 Å². The van der Waals surface area contributed by atoms with Gasteiger partial charge in [-0.05, 0) is 17.7 Å². The highest BCUT2D eigenvalue weighted by Crippen LogP contribution is 2.37. The minimum Gasteiger partial charge on any atom is -0.497 e. The lowest BCUT2D eigenvalue weighted by molar-refractivity contribution is -0.126. The van der Waals surface area contributed by atoms with Crippen LogP contribution in [0.2, 0.25) is 0 Å². The number of methoxy groups -OCH3 is 1. The fourth-order valence-electron chi connectivity index (χ4n) is 2.14. The van der Waals surface area contributed by atoms with Crippen LogP contribution in [0, 0.1) is 0 Å². The molecular formula is C12H11ClN4O2. The number of nitrogens with zero attached hydrogens (tertiary/aromatic N) is 4. The summed E-state index contributed by atoms with van der Waals surface area (Å²) in [7, 11) is 1.60. The van der Waals surface area contributed by atoms with E-state index in [1.54, 1.807) is 7.11 Å². The van der Waals surface area contributed by atoms with Gasteiger partial charge >= 0.3 is 0 Å². The summed E-state index contributed by atoms with van der Waals surface area (Å²) in [5.74, 6) is 0.554. The summed E-state index contributed by atoms with van der Waals surface area (Å²) in [6.45, 7) is 0. The molecule has 1 fully saturated rings. The van der Waals surface area contributed by atoms with Gasteiger partial charge in [0.25, 0.3) is 5.91 Å². The normalized spacial score (nSPS) is 22.2. The van der Waals surface area contributed by atoms with Crippen molar-refractivity contribution in [3.63, 3.8) is 0 Å². The monoisotopic (exact) mass is 278 g/mol. The molecule has 6 nitrogen and oxygen atoms in total. The van der Waals surface area contributed by atoms with Gasteiger partial charge in [-0.15, -0.1) is 21.8 Å². The first-order valence-corrected chi connectivity index (χ1v) is 6.12. The van der Waals surface area contributed by atoms with Crippen LogP contribution in [0.4, 0.5) is 0 Å². The van der Waals surface area contributed by atoms with E-state index in [-0.39, 0.29) is 11.9 Å². The number of ether oxygens (including phenoxy) is 1.